The third-order valence-corrected chi connectivity index (χ3v) is 4.38. The summed E-state index contributed by atoms with van der Waals surface area (Å²) >= 11 is 0. The highest BCUT2D eigenvalue weighted by Gasteiger charge is 2.26. The summed E-state index contributed by atoms with van der Waals surface area (Å²) in [5, 5.41) is 11.3. The van der Waals surface area contributed by atoms with Gasteiger partial charge < -0.3 is 15.2 Å². The fourth-order valence-corrected chi connectivity index (χ4v) is 3.04. The Labute approximate surface area is 141 Å². The van der Waals surface area contributed by atoms with Crippen LogP contribution < -0.4 is 5.32 Å². The predicted octanol–water partition coefficient (Wildman–Crippen LogP) is 3.84. The van der Waals surface area contributed by atoms with Crippen LogP contribution in [0.5, 0.6) is 0 Å². The third kappa shape index (κ3) is 4.77. The molecule has 24 heavy (non-hydrogen) atoms. The summed E-state index contributed by atoms with van der Waals surface area (Å²) in [6, 6.07) is 3.40. The van der Waals surface area contributed by atoms with Gasteiger partial charge in [-0.2, -0.15) is 0 Å². The van der Waals surface area contributed by atoms with E-state index in [4.69, 9.17) is 9.84 Å². The molecule has 3 atom stereocenters. The van der Waals surface area contributed by atoms with Crippen LogP contribution in [-0.4, -0.2) is 29.2 Å². The van der Waals surface area contributed by atoms with Gasteiger partial charge in [0, 0.05) is 0 Å². The number of anilines is 1. The van der Waals surface area contributed by atoms with Crippen LogP contribution in [-0.2, 0) is 9.53 Å². The lowest BCUT2D eigenvalue weighted by atomic mass is 9.88. The second kappa shape index (κ2) is 8.24. The Morgan fingerprint density at radius 1 is 1.42 bits per heavy atom. The molecule has 1 aromatic carbocycles. The number of hydrogen-bond donors (Lipinski definition) is 2. The molecule has 1 aliphatic carbocycles. The number of carbonyl (C=O) groups is 2. The maximum absolute atomic E-state index is 13.9. The number of halogens is 1. The fourth-order valence-electron chi connectivity index (χ4n) is 3.04. The molecule has 1 amide bonds. The van der Waals surface area contributed by atoms with Crippen molar-refractivity contribution in [1.29, 1.82) is 0 Å². The van der Waals surface area contributed by atoms with Gasteiger partial charge in [-0.15, -0.1) is 0 Å². The lowest BCUT2D eigenvalue weighted by molar-refractivity contribution is -0.133. The van der Waals surface area contributed by atoms with Gasteiger partial charge in [-0.25, -0.2) is 9.18 Å². The first-order valence-electron chi connectivity index (χ1n) is 8.39. The lowest BCUT2D eigenvalue weighted by Crippen LogP contribution is -2.35. The molecule has 132 valence electrons. The number of nitrogens with one attached hydrogen (secondary N) is 1. The average Bonchev–Trinajstić information content (AvgIpc) is 2.54. The molecule has 0 saturated heterocycles. The second-order valence-electron chi connectivity index (χ2n) is 6.42. The van der Waals surface area contributed by atoms with Gasteiger partial charge >= 0.3 is 5.97 Å². The Hall–Kier alpha value is -1.95. The first-order valence-corrected chi connectivity index (χ1v) is 8.39. The number of amides is 1. The highest BCUT2D eigenvalue weighted by Crippen LogP contribution is 2.27. The summed E-state index contributed by atoms with van der Waals surface area (Å²) in [5.74, 6) is -1.81. The summed E-state index contributed by atoms with van der Waals surface area (Å²) in [5.41, 5.74) is -0.200. The van der Waals surface area contributed by atoms with Crippen LogP contribution in [0.2, 0.25) is 0 Å². The second-order valence-corrected chi connectivity index (χ2v) is 6.42. The molecule has 1 fully saturated rings. The molecular weight excluding hydrogens is 313 g/mol. The summed E-state index contributed by atoms with van der Waals surface area (Å²) in [6.45, 7) is 4.02. The van der Waals surface area contributed by atoms with E-state index < -0.39 is 23.8 Å². The largest absolute Gasteiger partial charge is 0.478 e. The van der Waals surface area contributed by atoms with Crippen LogP contribution in [0.1, 0.15) is 56.3 Å². The Morgan fingerprint density at radius 2 is 2.17 bits per heavy atom. The number of carboxylic acid groups (broad SMARTS) is 1. The van der Waals surface area contributed by atoms with Crippen LogP contribution in [0.15, 0.2) is 18.2 Å². The molecular formula is C18H24FNO4. The number of carbonyl (C=O) groups excluding carboxylic acids is 1. The molecule has 1 aromatic rings. The highest BCUT2D eigenvalue weighted by molar-refractivity contribution is 5.95. The quantitative estimate of drug-likeness (QED) is 0.827. The van der Waals surface area contributed by atoms with Gasteiger partial charge in [0.05, 0.1) is 17.4 Å². The number of hydrogen-bond acceptors (Lipinski definition) is 3. The Kier molecular flexibility index (Phi) is 6.31. The highest BCUT2D eigenvalue weighted by atomic mass is 19.1. The molecule has 0 bridgehead atoms. The van der Waals surface area contributed by atoms with Crippen LogP contribution in [0.3, 0.4) is 0 Å². The standard InChI is InChI=1S/C18H24FNO4/c1-3-16(24-13-6-4-5-11(2)9-13)17(21)20-15-8-7-12(18(22)23)10-14(15)19/h7-8,10-11,13,16H,3-6,9H2,1-2H3,(H,20,21)(H,22,23). The van der Waals surface area contributed by atoms with Crippen molar-refractivity contribution in [3.63, 3.8) is 0 Å². The van der Waals surface area contributed by atoms with Crippen molar-refractivity contribution in [3.05, 3.63) is 29.6 Å². The van der Waals surface area contributed by atoms with Gasteiger partial charge in [0.2, 0.25) is 0 Å². The van der Waals surface area contributed by atoms with Crippen LogP contribution in [0.25, 0.3) is 0 Å². The van der Waals surface area contributed by atoms with Gasteiger partial charge in [0.1, 0.15) is 11.9 Å². The maximum Gasteiger partial charge on any atom is 0.335 e. The van der Waals surface area contributed by atoms with E-state index >= 15 is 0 Å². The van der Waals surface area contributed by atoms with Crippen molar-refractivity contribution in [2.45, 2.75) is 58.2 Å². The molecule has 1 aliphatic rings. The normalized spacial score (nSPS) is 22.0. The van der Waals surface area contributed by atoms with Crippen molar-refractivity contribution < 1.29 is 23.8 Å². The van der Waals surface area contributed by atoms with Crippen molar-refractivity contribution in [3.8, 4) is 0 Å². The molecule has 6 heteroatoms. The summed E-state index contributed by atoms with van der Waals surface area (Å²) in [6.07, 6.45) is 4.06. The van der Waals surface area contributed by atoms with Crippen LogP contribution in [0, 0.1) is 11.7 Å². The first-order chi connectivity index (χ1) is 11.4. The minimum atomic E-state index is -1.21. The SMILES string of the molecule is CCC(OC1CCCC(C)C1)C(=O)Nc1ccc(C(=O)O)cc1F. The topological polar surface area (TPSA) is 75.6 Å². The Morgan fingerprint density at radius 3 is 2.75 bits per heavy atom. The summed E-state index contributed by atoms with van der Waals surface area (Å²) < 4.78 is 19.8. The van der Waals surface area contributed by atoms with E-state index in [2.05, 4.69) is 12.2 Å². The molecule has 2 N–H and O–H groups in total. The van der Waals surface area contributed by atoms with Gasteiger partial charge in [0.25, 0.3) is 5.91 Å². The van der Waals surface area contributed by atoms with E-state index in [0.29, 0.717) is 12.3 Å². The molecule has 0 radical (unpaired) electrons. The van der Waals surface area contributed by atoms with E-state index in [1.54, 1.807) is 0 Å². The van der Waals surface area contributed by atoms with Crippen molar-refractivity contribution >= 4 is 17.6 Å². The molecule has 2 rings (SSSR count). The number of benzene rings is 1. The summed E-state index contributed by atoms with van der Waals surface area (Å²) in [4.78, 5) is 23.2. The zero-order chi connectivity index (χ0) is 17.7. The molecule has 5 nitrogen and oxygen atoms in total. The predicted molar refractivity (Wildman–Crippen MR) is 88.6 cm³/mol. The Bertz CT molecular complexity index is 605. The third-order valence-electron chi connectivity index (χ3n) is 4.38. The van der Waals surface area contributed by atoms with Gasteiger partial charge in [-0.05, 0) is 43.4 Å². The number of carboxylic acids is 1. The molecule has 0 spiro atoms. The number of ether oxygens (including phenoxy) is 1. The summed E-state index contributed by atoms with van der Waals surface area (Å²) in [7, 11) is 0. The van der Waals surface area contributed by atoms with Crippen LogP contribution >= 0.6 is 0 Å². The molecule has 0 aliphatic heterocycles. The van der Waals surface area contributed by atoms with E-state index in [1.165, 1.54) is 18.6 Å². The van der Waals surface area contributed by atoms with E-state index in [9.17, 15) is 14.0 Å². The lowest BCUT2D eigenvalue weighted by Gasteiger charge is -2.29. The monoisotopic (exact) mass is 337 g/mol. The van der Waals surface area contributed by atoms with E-state index in [0.717, 1.165) is 25.3 Å². The molecule has 0 aromatic heterocycles. The van der Waals surface area contributed by atoms with Crippen LogP contribution in [0.4, 0.5) is 10.1 Å². The fraction of sp³-hybridized carbons (Fsp3) is 0.556. The smallest absolute Gasteiger partial charge is 0.335 e. The number of rotatable bonds is 6. The average molecular weight is 337 g/mol. The molecule has 0 heterocycles. The van der Waals surface area contributed by atoms with Gasteiger partial charge in [-0.1, -0.05) is 26.7 Å². The van der Waals surface area contributed by atoms with Gasteiger partial charge in [0.15, 0.2) is 0 Å². The van der Waals surface area contributed by atoms with Crippen molar-refractivity contribution in [2.75, 3.05) is 5.32 Å². The zero-order valence-corrected chi connectivity index (χ0v) is 14.0. The molecule has 1 saturated carbocycles. The minimum Gasteiger partial charge on any atom is -0.478 e. The van der Waals surface area contributed by atoms with E-state index in [1.807, 2.05) is 6.92 Å². The zero-order valence-electron chi connectivity index (χ0n) is 14.0. The number of aromatic carboxylic acids is 1. The molecule has 3 unspecified atom stereocenters. The minimum absolute atomic E-state index is 0.0379. The van der Waals surface area contributed by atoms with Gasteiger partial charge in [-0.3, -0.25) is 4.79 Å². The Balaban J connectivity index is 2.00. The van der Waals surface area contributed by atoms with Crippen molar-refractivity contribution in [1.82, 2.24) is 0 Å². The maximum atomic E-state index is 13.9. The van der Waals surface area contributed by atoms with E-state index in [-0.39, 0.29) is 17.4 Å². The first kappa shape index (κ1) is 18.4. The van der Waals surface area contributed by atoms with Crippen molar-refractivity contribution in [2.24, 2.45) is 5.92 Å².